The number of aliphatic imine (C=N–C) groups is 1. The fraction of sp³-hybridized carbons (Fsp3) is 0.444. The van der Waals surface area contributed by atoms with Crippen LogP contribution < -0.4 is 15.5 Å². The zero-order valence-electron chi connectivity index (χ0n) is 15.2. The number of halogens is 2. The summed E-state index contributed by atoms with van der Waals surface area (Å²) in [4.78, 5) is 7.10. The van der Waals surface area contributed by atoms with Crippen LogP contribution >= 0.6 is 39.9 Å². The van der Waals surface area contributed by atoms with Crippen molar-refractivity contribution in [2.45, 2.75) is 25.9 Å². The molecule has 1 atom stereocenters. The van der Waals surface area contributed by atoms with E-state index in [0.29, 0.717) is 12.6 Å². The Morgan fingerprint density at radius 1 is 1.38 bits per heavy atom. The summed E-state index contributed by atoms with van der Waals surface area (Å²) in [7, 11) is 1.92. The lowest BCUT2D eigenvalue weighted by Crippen LogP contribution is -2.44. The number of anilines is 1. The number of benzene rings is 1. The average Bonchev–Trinajstić information content (AvgIpc) is 3.22. The minimum Gasteiger partial charge on any atom is -0.368 e. The van der Waals surface area contributed by atoms with Crippen LogP contribution in [0.4, 0.5) is 5.69 Å². The van der Waals surface area contributed by atoms with Gasteiger partial charge in [0.25, 0.3) is 0 Å². The third-order valence-corrected chi connectivity index (χ3v) is 4.92. The number of hydrogen-bond acceptors (Lipinski definition) is 3. The minimum absolute atomic E-state index is 0. The van der Waals surface area contributed by atoms with Crippen LogP contribution in [0.5, 0.6) is 0 Å². The molecule has 0 saturated carbocycles. The van der Waals surface area contributed by atoms with Gasteiger partial charge in [0.05, 0.1) is 18.4 Å². The highest BCUT2D eigenvalue weighted by atomic mass is 127. The predicted molar refractivity (Wildman–Crippen MR) is 121 cm³/mol. The van der Waals surface area contributed by atoms with Crippen molar-refractivity contribution in [3.8, 4) is 0 Å². The van der Waals surface area contributed by atoms with Crippen molar-refractivity contribution in [3.05, 3.63) is 46.7 Å². The molecule has 1 aliphatic rings. The van der Waals surface area contributed by atoms with Gasteiger partial charge in [-0.1, -0.05) is 12.1 Å². The first-order chi connectivity index (χ1) is 12.2. The van der Waals surface area contributed by atoms with Crippen LogP contribution in [0.15, 0.2) is 46.1 Å². The first-order valence-corrected chi connectivity index (χ1v) is 9.47. The van der Waals surface area contributed by atoms with Gasteiger partial charge in [-0.05, 0) is 41.4 Å². The molecule has 142 valence electrons. The van der Waals surface area contributed by atoms with Crippen LogP contribution in [-0.2, 0) is 13.6 Å². The lowest BCUT2D eigenvalue weighted by atomic mass is 10.2. The molecule has 0 bridgehead atoms. The van der Waals surface area contributed by atoms with E-state index in [0.717, 1.165) is 42.1 Å². The first kappa shape index (κ1) is 21.0. The average molecular weight is 533 g/mol. The topological polar surface area (TPSA) is 57.5 Å². The van der Waals surface area contributed by atoms with E-state index < -0.39 is 0 Å². The Hall–Kier alpha value is -1.29. The molecule has 2 heterocycles. The van der Waals surface area contributed by atoms with Crippen molar-refractivity contribution < 1.29 is 0 Å². The Balaban J connectivity index is 0.00000243. The lowest BCUT2D eigenvalue weighted by Gasteiger charge is -2.21. The molecule has 1 aliphatic heterocycles. The fourth-order valence-electron chi connectivity index (χ4n) is 3.04. The number of para-hydroxylation sites is 1. The number of aromatic nitrogens is 2. The second kappa shape index (κ2) is 10.1. The Kier molecular flexibility index (Phi) is 8.20. The van der Waals surface area contributed by atoms with Crippen molar-refractivity contribution in [1.29, 1.82) is 0 Å². The van der Waals surface area contributed by atoms with E-state index in [-0.39, 0.29) is 24.0 Å². The van der Waals surface area contributed by atoms with E-state index in [2.05, 4.69) is 66.7 Å². The Labute approximate surface area is 180 Å². The molecule has 1 unspecified atom stereocenters. The second-order valence-electron chi connectivity index (χ2n) is 6.24. The number of nitrogens with one attached hydrogen (secondary N) is 2. The van der Waals surface area contributed by atoms with Gasteiger partial charge in [-0.2, -0.15) is 5.10 Å². The third kappa shape index (κ3) is 5.60. The standard InChI is InChI=1S/C18H25BrN6.HI/c1-3-20-18(21-10-14-11-22-24(2)12-14)23-15-8-9-25(13-15)17-7-5-4-6-16(17)19;/h4-7,11-12,15H,3,8-10,13H2,1-2H3,(H2,20,21,23);1H. The van der Waals surface area contributed by atoms with Crippen molar-refractivity contribution in [2.75, 3.05) is 24.5 Å². The summed E-state index contributed by atoms with van der Waals surface area (Å²) in [5.41, 5.74) is 2.37. The van der Waals surface area contributed by atoms with Crippen molar-refractivity contribution in [2.24, 2.45) is 12.0 Å². The molecule has 6 nitrogen and oxygen atoms in total. The van der Waals surface area contributed by atoms with Gasteiger partial charge in [0.1, 0.15) is 0 Å². The van der Waals surface area contributed by atoms with Crippen LogP contribution in [0.3, 0.4) is 0 Å². The highest BCUT2D eigenvalue weighted by molar-refractivity contribution is 14.0. The van der Waals surface area contributed by atoms with Gasteiger partial charge in [-0.3, -0.25) is 4.68 Å². The lowest BCUT2D eigenvalue weighted by molar-refractivity contribution is 0.649. The number of hydrogen-bond donors (Lipinski definition) is 2. The highest BCUT2D eigenvalue weighted by Crippen LogP contribution is 2.28. The first-order valence-electron chi connectivity index (χ1n) is 8.67. The summed E-state index contributed by atoms with van der Waals surface area (Å²) in [6.07, 6.45) is 4.95. The molecule has 8 heteroatoms. The third-order valence-electron chi connectivity index (χ3n) is 4.24. The molecule has 0 amide bonds. The monoisotopic (exact) mass is 532 g/mol. The summed E-state index contributed by atoms with van der Waals surface area (Å²) in [6, 6.07) is 8.77. The molecule has 3 rings (SSSR count). The van der Waals surface area contributed by atoms with Crippen molar-refractivity contribution >= 4 is 51.6 Å². The molecular weight excluding hydrogens is 507 g/mol. The zero-order chi connectivity index (χ0) is 17.6. The molecule has 0 aliphatic carbocycles. The van der Waals surface area contributed by atoms with Crippen molar-refractivity contribution in [3.63, 3.8) is 0 Å². The second-order valence-corrected chi connectivity index (χ2v) is 7.10. The Morgan fingerprint density at radius 2 is 2.19 bits per heavy atom. The molecule has 1 aromatic carbocycles. The fourth-order valence-corrected chi connectivity index (χ4v) is 3.58. The largest absolute Gasteiger partial charge is 0.368 e. The van der Waals surface area contributed by atoms with E-state index in [1.54, 1.807) is 4.68 Å². The maximum absolute atomic E-state index is 4.69. The maximum Gasteiger partial charge on any atom is 0.191 e. The van der Waals surface area contributed by atoms with Crippen molar-refractivity contribution in [1.82, 2.24) is 20.4 Å². The molecule has 2 aromatic rings. The van der Waals surface area contributed by atoms with Gasteiger partial charge in [0.15, 0.2) is 5.96 Å². The van der Waals surface area contributed by atoms with E-state index in [9.17, 15) is 0 Å². The van der Waals surface area contributed by atoms with Gasteiger partial charge in [-0.15, -0.1) is 24.0 Å². The molecule has 2 N–H and O–H groups in total. The number of nitrogens with zero attached hydrogens (tertiary/aromatic N) is 4. The Morgan fingerprint density at radius 3 is 2.88 bits per heavy atom. The van der Waals surface area contributed by atoms with E-state index in [1.165, 1.54) is 5.69 Å². The summed E-state index contributed by atoms with van der Waals surface area (Å²) in [6.45, 7) is 5.58. The molecule has 1 aromatic heterocycles. The molecular formula is C18H26BrIN6. The summed E-state index contributed by atoms with van der Waals surface area (Å²) >= 11 is 3.65. The van der Waals surface area contributed by atoms with Gasteiger partial charge in [0.2, 0.25) is 0 Å². The number of rotatable bonds is 5. The van der Waals surface area contributed by atoms with Gasteiger partial charge >= 0.3 is 0 Å². The smallest absolute Gasteiger partial charge is 0.191 e. The summed E-state index contributed by atoms with van der Waals surface area (Å²) < 4.78 is 2.95. The summed E-state index contributed by atoms with van der Waals surface area (Å²) in [5, 5.41) is 11.1. The number of guanidine groups is 1. The SMILES string of the molecule is CCNC(=NCc1cnn(C)c1)NC1CCN(c2ccccc2Br)C1.I. The minimum atomic E-state index is 0. The molecule has 0 spiro atoms. The molecule has 26 heavy (non-hydrogen) atoms. The van der Waals surface area contributed by atoms with Crippen LogP contribution in [0.25, 0.3) is 0 Å². The van der Waals surface area contributed by atoms with E-state index in [4.69, 9.17) is 0 Å². The molecule has 1 saturated heterocycles. The van der Waals surface area contributed by atoms with Crippen LogP contribution in [-0.4, -0.2) is 41.4 Å². The van der Waals surface area contributed by atoms with E-state index >= 15 is 0 Å². The van der Waals surface area contributed by atoms with Crippen LogP contribution in [0, 0.1) is 0 Å². The van der Waals surface area contributed by atoms with Gasteiger partial charge < -0.3 is 15.5 Å². The van der Waals surface area contributed by atoms with Crippen LogP contribution in [0.2, 0.25) is 0 Å². The van der Waals surface area contributed by atoms with Gasteiger partial charge in [0, 0.05) is 49.0 Å². The zero-order valence-corrected chi connectivity index (χ0v) is 19.1. The summed E-state index contributed by atoms with van der Waals surface area (Å²) in [5.74, 6) is 0.866. The predicted octanol–water partition coefficient (Wildman–Crippen LogP) is 3.13. The molecule has 1 fully saturated rings. The Bertz CT molecular complexity index is 732. The number of aryl methyl sites for hydroxylation is 1. The molecule has 0 radical (unpaired) electrons. The normalized spacial score (nSPS) is 17.1. The quantitative estimate of drug-likeness (QED) is 0.353. The van der Waals surface area contributed by atoms with Crippen LogP contribution in [0.1, 0.15) is 18.9 Å². The van der Waals surface area contributed by atoms with Gasteiger partial charge in [-0.25, -0.2) is 4.99 Å². The highest BCUT2D eigenvalue weighted by Gasteiger charge is 2.24. The maximum atomic E-state index is 4.69. The van der Waals surface area contributed by atoms with E-state index in [1.807, 2.05) is 25.5 Å².